The zero-order valence-corrected chi connectivity index (χ0v) is 20.7. The van der Waals surface area contributed by atoms with Crippen LogP contribution in [0.5, 0.6) is 0 Å². The molecule has 194 valence electrons. The van der Waals surface area contributed by atoms with Crippen molar-refractivity contribution in [3.8, 4) is 0 Å². The highest BCUT2D eigenvalue weighted by atomic mass is 16.6. The minimum Gasteiger partial charge on any atom is -0.463 e. The maximum atomic E-state index is 13.0. The minimum absolute atomic E-state index is 0.132. The van der Waals surface area contributed by atoms with E-state index >= 15 is 0 Å². The summed E-state index contributed by atoms with van der Waals surface area (Å²) in [5, 5.41) is 0. The van der Waals surface area contributed by atoms with Crippen LogP contribution in [0.25, 0.3) is 0 Å². The molecule has 1 aromatic heterocycles. The summed E-state index contributed by atoms with van der Waals surface area (Å²) < 4.78 is 28.4. The number of ether oxygens (including phenoxy) is 5. The Bertz CT molecular complexity index is 1110. The van der Waals surface area contributed by atoms with E-state index in [1.165, 1.54) is 14.0 Å². The number of aromatic nitrogens is 2. The topological polar surface area (TPSA) is 158 Å². The normalized spacial score (nSPS) is 21.8. The van der Waals surface area contributed by atoms with Crippen molar-refractivity contribution < 1.29 is 42.9 Å². The fourth-order valence-electron chi connectivity index (χ4n) is 3.35. The third-order valence-electron chi connectivity index (χ3n) is 5.00. The lowest BCUT2D eigenvalue weighted by atomic mass is 9.98. The van der Waals surface area contributed by atoms with Crippen molar-refractivity contribution in [3.05, 3.63) is 32.6 Å². The zero-order chi connectivity index (χ0) is 26.7. The Kier molecular flexibility index (Phi) is 8.60. The number of carbonyl (C=O) groups excluding carboxylic acids is 4. The number of esters is 4. The van der Waals surface area contributed by atoms with Gasteiger partial charge in [-0.2, -0.15) is 0 Å². The van der Waals surface area contributed by atoms with Crippen LogP contribution in [0.3, 0.4) is 0 Å². The largest absolute Gasteiger partial charge is 0.463 e. The minimum atomic E-state index is -1.30. The lowest BCUT2D eigenvalue weighted by Crippen LogP contribution is -2.43. The van der Waals surface area contributed by atoms with Crippen molar-refractivity contribution in [1.82, 2.24) is 9.13 Å². The van der Waals surface area contributed by atoms with E-state index in [0.29, 0.717) is 0 Å². The number of hydrogen-bond acceptors (Lipinski definition) is 11. The van der Waals surface area contributed by atoms with Crippen LogP contribution >= 0.6 is 0 Å². The summed E-state index contributed by atoms with van der Waals surface area (Å²) in [6, 6.07) is 0. The van der Waals surface area contributed by atoms with Crippen molar-refractivity contribution >= 4 is 23.9 Å². The van der Waals surface area contributed by atoms with Crippen LogP contribution in [0, 0.1) is 5.41 Å². The summed E-state index contributed by atoms with van der Waals surface area (Å²) >= 11 is 0. The molecule has 35 heavy (non-hydrogen) atoms. The van der Waals surface area contributed by atoms with Gasteiger partial charge in [0.1, 0.15) is 18.8 Å². The Labute approximate surface area is 200 Å². The summed E-state index contributed by atoms with van der Waals surface area (Å²) in [7, 11) is 1.21. The summed E-state index contributed by atoms with van der Waals surface area (Å²) in [6.45, 7) is 7.48. The van der Waals surface area contributed by atoms with Crippen molar-refractivity contribution in [2.24, 2.45) is 12.5 Å². The summed E-state index contributed by atoms with van der Waals surface area (Å²) in [6.07, 6.45) is -3.77. The monoisotopic (exact) mass is 498 g/mol. The molecule has 4 atom stereocenters. The van der Waals surface area contributed by atoms with Crippen molar-refractivity contribution in [1.29, 1.82) is 0 Å². The lowest BCUT2D eigenvalue weighted by Gasteiger charge is -2.23. The molecular formula is C22H30N2O11. The quantitative estimate of drug-likeness (QED) is 0.367. The average Bonchev–Trinajstić information content (AvgIpc) is 3.05. The van der Waals surface area contributed by atoms with Gasteiger partial charge in [-0.05, 0) is 20.8 Å². The standard InChI is InChI=1S/C22H30N2O11/c1-11(25)31-9-15-17(33-12(2)26)18(34-13(3)27)16(35-15)14-8-24(21(30)23(7)19(14)28)10-32-20(29)22(4,5)6/h8,15-18H,9-10H2,1-7H3. The summed E-state index contributed by atoms with van der Waals surface area (Å²) in [4.78, 5) is 72.6. The van der Waals surface area contributed by atoms with E-state index in [1.807, 2.05) is 0 Å². The first-order valence-electron chi connectivity index (χ1n) is 10.7. The predicted molar refractivity (Wildman–Crippen MR) is 117 cm³/mol. The molecular weight excluding hydrogens is 468 g/mol. The molecule has 0 saturated carbocycles. The first-order valence-corrected chi connectivity index (χ1v) is 10.7. The van der Waals surface area contributed by atoms with Gasteiger partial charge in [0.05, 0.1) is 11.0 Å². The Morgan fingerprint density at radius 1 is 0.943 bits per heavy atom. The van der Waals surface area contributed by atoms with Gasteiger partial charge < -0.3 is 23.7 Å². The molecule has 0 bridgehead atoms. The van der Waals surface area contributed by atoms with E-state index in [-0.39, 0.29) is 12.2 Å². The van der Waals surface area contributed by atoms with Crippen LogP contribution < -0.4 is 11.2 Å². The molecule has 0 radical (unpaired) electrons. The Morgan fingerprint density at radius 3 is 2.03 bits per heavy atom. The van der Waals surface area contributed by atoms with Gasteiger partial charge in [-0.3, -0.25) is 33.1 Å². The van der Waals surface area contributed by atoms with Gasteiger partial charge in [-0.15, -0.1) is 0 Å². The van der Waals surface area contributed by atoms with Gasteiger partial charge in [0.15, 0.2) is 18.9 Å². The Morgan fingerprint density at radius 2 is 1.51 bits per heavy atom. The molecule has 0 amide bonds. The smallest absolute Gasteiger partial charge is 0.333 e. The second-order valence-electron chi connectivity index (χ2n) is 9.06. The van der Waals surface area contributed by atoms with Crippen molar-refractivity contribution in [2.45, 2.75) is 72.7 Å². The molecule has 1 aliphatic rings. The van der Waals surface area contributed by atoms with Crippen LogP contribution in [0.1, 0.15) is 53.2 Å². The van der Waals surface area contributed by atoms with E-state index in [4.69, 9.17) is 23.7 Å². The van der Waals surface area contributed by atoms with Gasteiger partial charge in [0, 0.05) is 34.0 Å². The summed E-state index contributed by atoms with van der Waals surface area (Å²) in [5.41, 5.74) is -2.50. The molecule has 13 heteroatoms. The predicted octanol–water partition coefficient (Wildman–Crippen LogP) is -0.0398. The van der Waals surface area contributed by atoms with Crippen LogP contribution in [0.15, 0.2) is 15.8 Å². The van der Waals surface area contributed by atoms with E-state index in [2.05, 4.69) is 0 Å². The van der Waals surface area contributed by atoms with Crippen molar-refractivity contribution in [3.63, 3.8) is 0 Å². The maximum absolute atomic E-state index is 13.0. The molecule has 0 N–H and O–H groups in total. The average molecular weight is 498 g/mol. The first kappa shape index (κ1) is 27.8. The van der Waals surface area contributed by atoms with Gasteiger partial charge in [-0.25, -0.2) is 4.79 Å². The van der Waals surface area contributed by atoms with E-state index in [9.17, 15) is 28.8 Å². The molecule has 0 spiro atoms. The van der Waals surface area contributed by atoms with Gasteiger partial charge in [0.25, 0.3) is 5.56 Å². The summed E-state index contributed by atoms with van der Waals surface area (Å²) in [5.74, 6) is -2.69. The second kappa shape index (κ2) is 10.8. The number of rotatable bonds is 7. The molecule has 1 aromatic rings. The highest BCUT2D eigenvalue weighted by Gasteiger charge is 2.51. The van der Waals surface area contributed by atoms with Gasteiger partial charge >= 0.3 is 29.6 Å². The molecule has 0 aromatic carbocycles. The molecule has 2 heterocycles. The lowest BCUT2D eigenvalue weighted by molar-refractivity contribution is -0.165. The Balaban J connectivity index is 2.53. The van der Waals surface area contributed by atoms with Gasteiger partial charge in [-0.1, -0.05) is 0 Å². The van der Waals surface area contributed by atoms with E-state index in [0.717, 1.165) is 29.2 Å². The van der Waals surface area contributed by atoms with Crippen LogP contribution in [0.4, 0.5) is 0 Å². The highest BCUT2D eigenvalue weighted by molar-refractivity contribution is 5.75. The van der Waals surface area contributed by atoms with Gasteiger partial charge in [0.2, 0.25) is 0 Å². The number of nitrogens with zero attached hydrogens (tertiary/aromatic N) is 2. The highest BCUT2D eigenvalue weighted by Crippen LogP contribution is 2.36. The van der Waals surface area contributed by atoms with Crippen LogP contribution in [-0.2, 0) is 56.6 Å². The van der Waals surface area contributed by atoms with Crippen molar-refractivity contribution in [2.75, 3.05) is 6.61 Å². The van der Waals surface area contributed by atoms with E-state index < -0.39 is 71.7 Å². The number of hydrogen-bond donors (Lipinski definition) is 0. The fraction of sp³-hybridized carbons (Fsp3) is 0.636. The molecule has 0 aliphatic carbocycles. The molecule has 13 nitrogen and oxygen atoms in total. The van der Waals surface area contributed by atoms with Crippen LogP contribution in [0.2, 0.25) is 0 Å². The molecule has 4 unspecified atom stereocenters. The van der Waals surface area contributed by atoms with E-state index in [1.54, 1.807) is 20.8 Å². The number of carbonyl (C=O) groups is 4. The third-order valence-corrected chi connectivity index (χ3v) is 5.00. The molecule has 1 aliphatic heterocycles. The molecule has 2 rings (SSSR count). The third kappa shape index (κ3) is 6.78. The molecule has 1 saturated heterocycles. The zero-order valence-electron chi connectivity index (χ0n) is 20.7. The second-order valence-corrected chi connectivity index (χ2v) is 9.06. The molecule has 1 fully saturated rings. The fourth-order valence-corrected chi connectivity index (χ4v) is 3.35. The van der Waals surface area contributed by atoms with Crippen LogP contribution in [-0.4, -0.2) is 57.9 Å². The maximum Gasteiger partial charge on any atom is 0.333 e. The first-order chi connectivity index (χ1) is 16.1. The Hall–Kier alpha value is -3.48. The SMILES string of the molecule is CC(=O)OCC1OC(c2cn(COC(=O)C(C)(C)C)c(=O)n(C)c2=O)C(OC(C)=O)C1OC(C)=O.